The summed E-state index contributed by atoms with van der Waals surface area (Å²) in [5, 5.41) is 8.93. The number of methoxy groups -OCH3 is 1. The molecule has 1 aliphatic heterocycles. The molecule has 2 aromatic carbocycles. The first-order chi connectivity index (χ1) is 13.7. The Kier molecular flexibility index (Phi) is 8.76. The number of anilines is 2. The lowest BCUT2D eigenvalue weighted by Gasteiger charge is -2.22. The maximum Gasteiger partial charge on any atom is 0.262 e. The molecule has 3 N–H and O–H groups in total. The molecule has 1 heterocycles. The first-order valence-electron chi connectivity index (χ1n) is 9.33. The van der Waals surface area contributed by atoms with Gasteiger partial charge in [0, 0.05) is 17.9 Å². The number of hydrogen-bond donors (Lipinski definition) is 3. The van der Waals surface area contributed by atoms with Gasteiger partial charge in [0.05, 0.1) is 13.0 Å². The van der Waals surface area contributed by atoms with E-state index in [1.807, 2.05) is 12.1 Å². The summed E-state index contributed by atoms with van der Waals surface area (Å²) < 4.78 is 10.7. The van der Waals surface area contributed by atoms with Crippen molar-refractivity contribution < 1.29 is 19.1 Å². The second-order valence-electron chi connectivity index (χ2n) is 6.60. The molecule has 0 aliphatic carbocycles. The maximum absolute atomic E-state index is 12.4. The Morgan fingerprint density at radius 3 is 2.48 bits per heavy atom. The van der Waals surface area contributed by atoms with Crippen LogP contribution in [0.25, 0.3) is 0 Å². The summed E-state index contributed by atoms with van der Waals surface area (Å²) in [5.74, 6) is 0.738. The molecule has 2 aromatic rings. The Labute approximate surface area is 176 Å². The molecule has 0 bridgehead atoms. The lowest BCUT2D eigenvalue weighted by molar-refractivity contribution is -0.120. The largest absolute Gasteiger partial charge is 0.493 e. The van der Waals surface area contributed by atoms with E-state index in [0.29, 0.717) is 29.4 Å². The highest BCUT2D eigenvalue weighted by atomic mass is 35.5. The quantitative estimate of drug-likeness (QED) is 0.641. The van der Waals surface area contributed by atoms with E-state index in [2.05, 4.69) is 16.0 Å². The van der Waals surface area contributed by atoms with Gasteiger partial charge in [0.2, 0.25) is 5.91 Å². The summed E-state index contributed by atoms with van der Waals surface area (Å²) in [6.07, 6.45) is 1.88. The molecule has 156 valence electrons. The number of hydrogen-bond acceptors (Lipinski definition) is 5. The van der Waals surface area contributed by atoms with Crippen LogP contribution in [0, 0.1) is 5.92 Å². The van der Waals surface area contributed by atoms with E-state index in [0.717, 1.165) is 19.4 Å². The Balaban J connectivity index is 0.00000300. The minimum absolute atomic E-state index is 0. The van der Waals surface area contributed by atoms with Crippen molar-refractivity contribution in [1.82, 2.24) is 5.32 Å². The zero-order valence-corrected chi connectivity index (χ0v) is 17.1. The first kappa shape index (κ1) is 22.5. The van der Waals surface area contributed by atoms with Crippen LogP contribution in [0.2, 0.25) is 0 Å². The van der Waals surface area contributed by atoms with Crippen molar-refractivity contribution >= 4 is 35.6 Å². The Bertz CT molecular complexity index is 825. The number of piperidine rings is 1. The number of carbonyl (C=O) groups is 2. The fourth-order valence-electron chi connectivity index (χ4n) is 3.07. The fraction of sp³-hybridized carbons (Fsp3) is 0.333. The van der Waals surface area contributed by atoms with Crippen LogP contribution in [0.15, 0.2) is 48.5 Å². The number of benzene rings is 2. The molecule has 1 aliphatic rings. The van der Waals surface area contributed by atoms with E-state index in [1.54, 1.807) is 43.5 Å². The average molecular weight is 420 g/mol. The van der Waals surface area contributed by atoms with Gasteiger partial charge in [0.15, 0.2) is 18.1 Å². The summed E-state index contributed by atoms with van der Waals surface area (Å²) in [6.45, 7) is 1.51. The summed E-state index contributed by atoms with van der Waals surface area (Å²) in [4.78, 5) is 24.5. The molecular formula is C21H26ClN3O4. The van der Waals surface area contributed by atoms with Crippen molar-refractivity contribution in [3.63, 3.8) is 0 Å². The highest BCUT2D eigenvalue weighted by Gasteiger charge is 2.20. The molecule has 3 rings (SSSR count). The highest BCUT2D eigenvalue weighted by Crippen LogP contribution is 2.25. The molecule has 8 heteroatoms. The van der Waals surface area contributed by atoms with Crippen LogP contribution in [0.3, 0.4) is 0 Å². The average Bonchev–Trinajstić information content (AvgIpc) is 2.73. The van der Waals surface area contributed by atoms with Gasteiger partial charge in [-0.25, -0.2) is 0 Å². The van der Waals surface area contributed by atoms with Gasteiger partial charge in [-0.3, -0.25) is 9.59 Å². The number of ether oxygens (including phenoxy) is 2. The molecule has 0 radical (unpaired) electrons. The van der Waals surface area contributed by atoms with Gasteiger partial charge >= 0.3 is 0 Å². The zero-order chi connectivity index (χ0) is 19.8. The van der Waals surface area contributed by atoms with Crippen LogP contribution in [0.5, 0.6) is 11.5 Å². The number of carbonyl (C=O) groups excluding carboxylic acids is 2. The van der Waals surface area contributed by atoms with Gasteiger partial charge in [-0.2, -0.15) is 0 Å². The van der Waals surface area contributed by atoms with E-state index in [9.17, 15) is 9.59 Å². The molecule has 0 aromatic heterocycles. The number of halogens is 1. The summed E-state index contributed by atoms with van der Waals surface area (Å²) in [5.41, 5.74) is 1.24. The molecule has 29 heavy (non-hydrogen) atoms. The predicted octanol–water partition coefficient (Wildman–Crippen LogP) is 3.07. The molecule has 1 unspecified atom stereocenters. The van der Waals surface area contributed by atoms with Crippen LogP contribution < -0.4 is 25.4 Å². The van der Waals surface area contributed by atoms with Crippen LogP contribution in [0.4, 0.5) is 11.4 Å². The van der Waals surface area contributed by atoms with E-state index in [1.165, 1.54) is 0 Å². The van der Waals surface area contributed by atoms with E-state index < -0.39 is 0 Å². The zero-order valence-electron chi connectivity index (χ0n) is 16.3. The van der Waals surface area contributed by atoms with Crippen molar-refractivity contribution in [3.05, 3.63) is 48.5 Å². The Hall–Kier alpha value is -2.77. The van der Waals surface area contributed by atoms with Gasteiger partial charge in [-0.15, -0.1) is 12.4 Å². The minimum Gasteiger partial charge on any atom is -0.493 e. The fourth-order valence-corrected chi connectivity index (χ4v) is 3.07. The molecular weight excluding hydrogens is 394 g/mol. The van der Waals surface area contributed by atoms with Gasteiger partial charge in [-0.1, -0.05) is 18.2 Å². The van der Waals surface area contributed by atoms with Crippen LogP contribution in [-0.2, 0) is 9.59 Å². The molecule has 2 amide bonds. The molecule has 1 atom stereocenters. The van der Waals surface area contributed by atoms with E-state index in [-0.39, 0.29) is 36.7 Å². The third-order valence-electron chi connectivity index (χ3n) is 4.51. The lowest BCUT2D eigenvalue weighted by Crippen LogP contribution is -2.37. The summed E-state index contributed by atoms with van der Waals surface area (Å²) in [6, 6.07) is 14.2. The second kappa shape index (κ2) is 11.3. The van der Waals surface area contributed by atoms with Gasteiger partial charge in [0.1, 0.15) is 0 Å². The molecule has 1 saturated heterocycles. The van der Waals surface area contributed by atoms with Crippen molar-refractivity contribution in [1.29, 1.82) is 0 Å². The van der Waals surface area contributed by atoms with Gasteiger partial charge in [-0.05, 0) is 49.7 Å². The van der Waals surface area contributed by atoms with Crippen LogP contribution in [0.1, 0.15) is 12.8 Å². The number of rotatable bonds is 7. The maximum atomic E-state index is 12.4. The third-order valence-corrected chi connectivity index (χ3v) is 4.51. The van der Waals surface area contributed by atoms with Crippen LogP contribution >= 0.6 is 12.4 Å². The normalized spacial score (nSPS) is 15.6. The number of nitrogens with one attached hydrogen (secondary N) is 3. The lowest BCUT2D eigenvalue weighted by atomic mass is 9.99. The highest BCUT2D eigenvalue weighted by molar-refractivity contribution is 5.95. The summed E-state index contributed by atoms with van der Waals surface area (Å²) >= 11 is 0. The minimum atomic E-state index is -0.300. The summed E-state index contributed by atoms with van der Waals surface area (Å²) in [7, 11) is 1.55. The Morgan fingerprint density at radius 2 is 1.79 bits per heavy atom. The van der Waals surface area contributed by atoms with Gasteiger partial charge in [0.25, 0.3) is 5.91 Å². The Morgan fingerprint density at radius 1 is 1.07 bits per heavy atom. The van der Waals surface area contributed by atoms with Crippen LogP contribution in [-0.4, -0.2) is 38.6 Å². The molecule has 7 nitrogen and oxygen atoms in total. The third kappa shape index (κ3) is 6.66. The van der Waals surface area contributed by atoms with Crippen molar-refractivity contribution in [2.24, 2.45) is 5.92 Å². The standard InChI is InChI=1S/C21H25N3O4.ClH/c1-27-18-9-2-3-10-19(18)28-14-20(25)23-16-7-4-8-17(12-16)24-21(26)15-6-5-11-22-13-15;/h2-4,7-10,12,15,22H,5-6,11,13-14H2,1H3,(H,23,25)(H,24,26);1H. The number of amides is 2. The van der Waals surface area contributed by atoms with Gasteiger partial charge < -0.3 is 25.4 Å². The second-order valence-corrected chi connectivity index (χ2v) is 6.60. The topological polar surface area (TPSA) is 88.7 Å². The molecule has 0 spiro atoms. The molecule has 0 saturated carbocycles. The molecule has 1 fully saturated rings. The SMILES string of the molecule is COc1ccccc1OCC(=O)Nc1cccc(NC(=O)C2CCCNC2)c1.Cl. The van der Waals surface area contributed by atoms with Crippen molar-refractivity contribution in [2.75, 3.05) is 37.4 Å². The van der Waals surface area contributed by atoms with Crippen molar-refractivity contribution in [3.8, 4) is 11.5 Å². The first-order valence-corrected chi connectivity index (χ1v) is 9.33. The number of para-hydroxylation sites is 2. The predicted molar refractivity (Wildman–Crippen MR) is 115 cm³/mol. The van der Waals surface area contributed by atoms with E-state index in [4.69, 9.17) is 9.47 Å². The van der Waals surface area contributed by atoms with Crippen molar-refractivity contribution in [2.45, 2.75) is 12.8 Å². The smallest absolute Gasteiger partial charge is 0.262 e. The monoisotopic (exact) mass is 419 g/mol. The van der Waals surface area contributed by atoms with E-state index >= 15 is 0 Å².